The van der Waals surface area contributed by atoms with Crippen LogP contribution in [-0.2, 0) is 0 Å². The van der Waals surface area contributed by atoms with Crippen molar-refractivity contribution < 1.29 is 5.11 Å². The van der Waals surface area contributed by atoms with Crippen molar-refractivity contribution >= 4 is 31.9 Å². The van der Waals surface area contributed by atoms with Crippen molar-refractivity contribution in [3.63, 3.8) is 0 Å². The van der Waals surface area contributed by atoms with Crippen molar-refractivity contribution in [3.05, 3.63) is 0 Å². The SMILES string of the molecule is CCC(O)C(C)(Br)CBr. The third-order valence-electron chi connectivity index (χ3n) is 1.34. The highest BCUT2D eigenvalue weighted by molar-refractivity contribution is 9.12. The Kier molecular flexibility index (Phi) is 4.34. The summed E-state index contributed by atoms with van der Waals surface area (Å²) in [6, 6.07) is 0. The van der Waals surface area contributed by atoms with E-state index in [0.29, 0.717) is 0 Å². The summed E-state index contributed by atoms with van der Waals surface area (Å²) >= 11 is 6.72. The summed E-state index contributed by atoms with van der Waals surface area (Å²) < 4.78 is -0.165. The van der Waals surface area contributed by atoms with E-state index in [1.54, 1.807) is 0 Å². The lowest BCUT2D eigenvalue weighted by Gasteiger charge is -2.24. The van der Waals surface area contributed by atoms with Crippen LogP contribution in [0.25, 0.3) is 0 Å². The second-order valence-corrected chi connectivity index (χ2v) is 4.71. The average molecular weight is 260 g/mol. The molecule has 2 unspecified atom stereocenters. The van der Waals surface area contributed by atoms with Crippen LogP contribution in [0, 0.1) is 0 Å². The van der Waals surface area contributed by atoms with E-state index in [2.05, 4.69) is 31.9 Å². The molecule has 0 saturated carbocycles. The van der Waals surface area contributed by atoms with Crippen LogP contribution in [0.2, 0.25) is 0 Å². The summed E-state index contributed by atoms with van der Waals surface area (Å²) in [6.07, 6.45) is 0.518. The van der Waals surface area contributed by atoms with Crippen LogP contribution in [-0.4, -0.2) is 20.9 Å². The lowest BCUT2D eigenvalue weighted by Crippen LogP contribution is -2.33. The lowest BCUT2D eigenvalue weighted by molar-refractivity contribution is 0.143. The predicted molar refractivity (Wildman–Crippen MR) is 47.4 cm³/mol. The third kappa shape index (κ3) is 3.01. The highest BCUT2D eigenvalue weighted by atomic mass is 79.9. The van der Waals surface area contributed by atoms with Gasteiger partial charge in [0.15, 0.2) is 0 Å². The summed E-state index contributed by atoms with van der Waals surface area (Å²) in [5.74, 6) is 0. The molecule has 0 aliphatic carbocycles. The van der Waals surface area contributed by atoms with E-state index in [1.165, 1.54) is 0 Å². The molecule has 2 atom stereocenters. The topological polar surface area (TPSA) is 20.2 Å². The van der Waals surface area contributed by atoms with Crippen LogP contribution in [0.4, 0.5) is 0 Å². The van der Waals surface area contributed by atoms with E-state index >= 15 is 0 Å². The monoisotopic (exact) mass is 258 g/mol. The standard InChI is InChI=1S/C6H12Br2O/c1-3-5(9)6(2,8)4-7/h5,9H,3-4H2,1-2H3. The van der Waals surface area contributed by atoms with E-state index in [9.17, 15) is 5.11 Å². The highest BCUT2D eigenvalue weighted by Gasteiger charge is 2.26. The van der Waals surface area contributed by atoms with E-state index in [-0.39, 0.29) is 10.4 Å². The molecule has 0 amide bonds. The zero-order valence-electron chi connectivity index (χ0n) is 5.69. The van der Waals surface area contributed by atoms with Crippen molar-refractivity contribution in [2.24, 2.45) is 0 Å². The fraction of sp³-hybridized carbons (Fsp3) is 1.00. The molecule has 3 heteroatoms. The van der Waals surface area contributed by atoms with E-state index in [0.717, 1.165) is 11.8 Å². The molecule has 0 heterocycles. The minimum absolute atomic E-state index is 0.165. The zero-order valence-corrected chi connectivity index (χ0v) is 8.87. The molecule has 1 N–H and O–H groups in total. The van der Waals surface area contributed by atoms with Crippen LogP contribution in [0.5, 0.6) is 0 Å². The van der Waals surface area contributed by atoms with Gasteiger partial charge in [0.1, 0.15) is 0 Å². The van der Waals surface area contributed by atoms with Crippen molar-refractivity contribution in [2.75, 3.05) is 5.33 Å². The van der Waals surface area contributed by atoms with Crippen LogP contribution in [0.3, 0.4) is 0 Å². The van der Waals surface area contributed by atoms with Crippen LogP contribution >= 0.6 is 31.9 Å². The molecule has 0 aliphatic rings. The third-order valence-corrected chi connectivity index (χ3v) is 4.07. The summed E-state index contributed by atoms with van der Waals surface area (Å²) in [5, 5.41) is 10.1. The second kappa shape index (κ2) is 3.94. The zero-order chi connectivity index (χ0) is 7.49. The number of aliphatic hydroxyl groups excluding tert-OH is 1. The van der Waals surface area contributed by atoms with Crippen molar-refractivity contribution in [3.8, 4) is 0 Å². The summed E-state index contributed by atoms with van der Waals surface area (Å²) in [7, 11) is 0. The average Bonchev–Trinajstić information content (AvgIpc) is 1.86. The molecule has 0 rings (SSSR count). The predicted octanol–water partition coefficient (Wildman–Crippen LogP) is 2.31. The first-order valence-electron chi connectivity index (χ1n) is 2.97. The van der Waals surface area contributed by atoms with Gasteiger partial charge < -0.3 is 5.11 Å². The van der Waals surface area contributed by atoms with Gasteiger partial charge in [-0.15, -0.1) is 0 Å². The van der Waals surface area contributed by atoms with Crippen molar-refractivity contribution in [1.82, 2.24) is 0 Å². The van der Waals surface area contributed by atoms with Gasteiger partial charge in [0.05, 0.1) is 10.4 Å². The molecule has 0 radical (unpaired) electrons. The minimum Gasteiger partial charge on any atom is -0.392 e. The van der Waals surface area contributed by atoms with Gasteiger partial charge in [-0.3, -0.25) is 0 Å². The molecule has 0 spiro atoms. The molecule has 0 aromatic carbocycles. The van der Waals surface area contributed by atoms with Gasteiger partial charge in [-0.2, -0.15) is 0 Å². The Morgan fingerprint density at radius 1 is 1.67 bits per heavy atom. The molecule has 0 fully saturated rings. The molecule has 0 aromatic heterocycles. The maximum atomic E-state index is 9.31. The van der Waals surface area contributed by atoms with Crippen molar-refractivity contribution in [1.29, 1.82) is 0 Å². The molecule has 9 heavy (non-hydrogen) atoms. The largest absolute Gasteiger partial charge is 0.392 e. The molecule has 1 nitrogen and oxygen atoms in total. The molecule has 0 aliphatic heterocycles. The fourth-order valence-corrected chi connectivity index (χ4v) is 1.21. The first-order chi connectivity index (χ1) is 4.04. The number of aliphatic hydroxyl groups is 1. The Morgan fingerprint density at radius 3 is 2.22 bits per heavy atom. The van der Waals surface area contributed by atoms with Gasteiger partial charge in [0.2, 0.25) is 0 Å². The number of halogens is 2. The van der Waals surface area contributed by atoms with Crippen molar-refractivity contribution in [2.45, 2.75) is 30.7 Å². The lowest BCUT2D eigenvalue weighted by atomic mass is 10.1. The Balaban J connectivity index is 3.80. The fourth-order valence-electron chi connectivity index (χ4n) is 0.515. The molecule has 0 bridgehead atoms. The van der Waals surface area contributed by atoms with Gasteiger partial charge in [0, 0.05) is 5.33 Å². The van der Waals surface area contributed by atoms with E-state index in [1.807, 2.05) is 13.8 Å². The number of alkyl halides is 2. The van der Waals surface area contributed by atoms with Crippen LogP contribution in [0.1, 0.15) is 20.3 Å². The number of hydrogen-bond donors (Lipinski definition) is 1. The summed E-state index contributed by atoms with van der Waals surface area (Å²) in [4.78, 5) is 0. The number of rotatable bonds is 3. The minimum atomic E-state index is -0.267. The van der Waals surface area contributed by atoms with E-state index < -0.39 is 0 Å². The Morgan fingerprint density at radius 2 is 2.11 bits per heavy atom. The quantitative estimate of drug-likeness (QED) is 0.772. The summed E-state index contributed by atoms with van der Waals surface area (Å²) in [5.41, 5.74) is 0. The molecular weight excluding hydrogens is 248 g/mol. The Hall–Kier alpha value is 0.920. The highest BCUT2D eigenvalue weighted by Crippen LogP contribution is 2.25. The Bertz CT molecular complexity index is 83.1. The maximum Gasteiger partial charge on any atom is 0.0696 e. The number of hydrogen-bond acceptors (Lipinski definition) is 1. The first kappa shape index (κ1) is 9.92. The van der Waals surface area contributed by atoms with Gasteiger partial charge in [0.25, 0.3) is 0 Å². The maximum absolute atomic E-state index is 9.31. The second-order valence-electron chi connectivity index (χ2n) is 2.34. The molecular formula is C6H12Br2O. The van der Waals surface area contributed by atoms with Gasteiger partial charge in [-0.05, 0) is 13.3 Å². The van der Waals surface area contributed by atoms with Crippen LogP contribution < -0.4 is 0 Å². The molecule has 56 valence electrons. The van der Waals surface area contributed by atoms with E-state index in [4.69, 9.17) is 0 Å². The molecule has 0 aromatic rings. The van der Waals surface area contributed by atoms with Gasteiger partial charge >= 0.3 is 0 Å². The normalized spacial score (nSPS) is 21.0. The Labute approximate surface area is 73.1 Å². The smallest absolute Gasteiger partial charge is 0.0696 e. The summed E-state index contributed by atoms with van der Waals surface area (Å²) in [6.45, 7) is 3.93. The molecule has 0 saturated heterocycles. The first-order valence-corrected chi connectivity index (χ1v) is 4.89. The van der Waals surface area contributed by atoms with Gasteiger partial charge in [-0.25, -0.2) is 0 Å². The van der Waals surface area contributed by atoms with Gasteiger partial charge in [-0.1, -0.05) is 38.8 Å². The van der Waals surface area contributed by atoms with Crippen LogP contribution in [0.15, 0.2) is 0 Å².